The monoisotopic (exact) mass is 463 g/mol. The zero-order valence-electron chi connectivity index (χ0n) is 13.5. The molecular weight excluding hydrogens is 450 g/mol. The van der Waals surface area contributed by atoms with Gasteiger partial charge in [0.1, 0.15) is 5.75 Å². The maximum Gasteiger partial charge on any atom is 0.275 e. The topological polar surface area (TPSA) is 66.6 Å². The van der Waals surface area contributed by atoms with Gasteiger partial charge in [0.15, 0.2) is 0 Å². The standard InChI is InChI=1S/C18H15Br2N3O2/c1-10(15-7-11-3-4-13(20)9-16(11)23(15)2)21-22-18(25)14-8-12(19)5-6-17(14)24/h3-9,24H,1-2H3,(H,22,25)/b21-10+. The fourth-order valence-corrected chi connectivity index (χ4v) is 3.30. The molecule has 3 rings (SSSR count). The molecule has 0 atom stereocenters. The van der Waals surface area contributed by atoms with Gasteiger partial charge in [0.25, 0.3) is 5.91 Å². The molecule has 0 unspecified atom stereocenters. The van der Waals surface area contributed by atoms with Gasteiger partial charge < -0.3 is 9.67 Å². The molecule has 2 aromatic carbocycles. The van der Waals surface area contributed by atoms with Crippen LogP contribution in [0, 0.1) is 0 Å². The first-order chi connectivity index (χ1) is 11.9. The number of hydrazone groups is 1. The molecule has 0 aliphatic rings. The van der Waals surface area contributed by atoms with Gasteiger partial charge in [0.05, 0.1) is 17.0 Å². The summed E-state index contributed by atoms with van der Waals surface area (Å²) in [4.78, 5) is 12.2. The van der Waals surface area contributed by atoms with Crippen molar-refractivity contribution in [2.24, 2.45) is 12.1 Å². The van der Waals surface area contributed by atoms with Crippen molar-refractivity contribution in [3.05, 3.63) is 62.7 Å². The van der Waals surface area contributed by atoms with Crippen molar-refractivity contribution in [3.8, 4) is 5.75 Å². The molecule has 0 aliphatic carbocycles. The number of hydrogen-bond donors (Lipinski definition) is 2. The van der Waals surface area contributed by atoms with E-state index in [2.05, 4.69) is 42.4 Å². The highest BCUT2D eigenvalue weighted by Crippen LogP contribution is 2.24. The van der Waals surface area contributed by atoms with Crippen LogP contribution in [0.4, 0.5) is 0 Å². The second-order valence-electron chi connectivity index (χ2n) is 5.59. The number of phenols is 1. The van der Waals surface area contributed by atoms with E-state index in [0.29, 0.717) is 10.2 Å². The third-order valence-electron chi connectivity index (χ3n) is 3.91. The molecule has 1 amide bonds. The molecule has 1 aromatic heterocycles. The highest BCUT2D eigenvalue weighted by molar-refractivity contribution is 9.10. The number of aromatic nitrogens is 1. The van der Waals surface area contributed by atoms with Crippen molar-refractivity contribution < 1.29 is 9.90 Å². The van der Waals surface area contributed by atoms with Crippen molar-refractivity contribution in [1.82, 2.24) is 9.99 Å². The summed E-state index contributed by atoms with van der Waals surface area (Å²) in [6.07, 6.45) is 0. The van der Waals surface area contributed by atoms with E-state index in [4.69, 9.17) is 0 Å². The van der Waals surface area contributed by atoms with E-state index in [1.165, 1.54) is 6.07 Å². The van der Waals surface area contributed by atoms with Crippen LogP contribution in [0.25, 0.3) is 10.9 Å². The summed E-state index contributed by atoms with van der Waals surface area (Å²) >= 11 is 6.76. The van der Waals surface area contributed by atoms with Gasteiger partial charge in [-0.25, -0.2) is 5.43 Å². The molecule has 3 aromatic rings. The van der Waals surface area contributed by atoms with Crippen molar-refractivity contribution in [3.63, 3.8) is 0 Å². The summed E-state index contributed by atoms with van der Waals surface area (Å²) in [6.45, 7) is 1.82. The predicted octanol–water partition coefficient (Wildman–Crippen LogP) is 4.56. The van der Waals surface area contributed by atoms with Crippen molar-refractivity contribution in [2.45, 2.75) is 6.92 Å². The Balaban J connectivity index is 1.88. The molecule has 0 aliphatic heterocycles. The average Bonchev–Trinajstić information content (AvgIpc) is 2.91. The van der Waals surface area contributed by atoms with Gasteiger partial charge >= 0.3 is 0 Å². The Morgan fingerprint density at radius 2 is 1.80 bits per heavy atom. The van der Waals surface area contributed by atoms with Crippen LogP contribution in [-0.4, -0.2) is 21.3 Å². The Bertz CT molecular complexity index is 1010. The maximum absolute atomic E-state index is 12.2. The minimum Gasteiger partial charge on any atom is -0.507 e. The lowest BCUT2D eigenvalue weighted by atomic mass is 10.2. The second kappa shape index (κ2) is 7.01. The van der Waals surface area contributed by atoms with Crippen molar-refractivity contribution in [1.29, 1.82) is 0 Å². The fourth-order valence-electron chi connectivity index (χ4n) is 2.59. The highest BCUT2D eigenvalue weighted by atomic mass is 79.9. The van der Waals surface area contributed by atoms with Crippen molar-refractivity contribution >= 4 is 54.4 Å². The zero-order valence-corrected chi connectivity index (χ0v) is 16.7. The Hall–Kier alpha value is -2.12. The van der Waals surface area contributed by atoms with Crippen LogP contribution < -0.4 is 5.43 Å². The molecule has 128 valence electrons. The number of nitrogens with zero attached hydrogens (tertiary/aromatic N) is 2. The van der Waals surface area contributed by atoms with E-state index < -0.39 is 5.91 Å². The van der Waals surface area contributed by atoms with Crippen LogP contribution in [0.5, 0.6) is 5.75 Å². The molecule has 0 bridgehead atoms. The van der Waals surface area contributed by atoms with Gasteiger partial charge in [-0.3, -0.25) is 4.79 Å². The lowest BCUT2D eigenvalue weighted by molar-refractivity contribution is 0.0952. The quantitative estimate of drug-likeness (QED) is 0.440. The minimum atomic E-state index is -0.473. The van der Waals surface area contributed by atoms with E-state index in [9.17, 15) is 9.90 Å². The van der Waals surface area contributed by atoms with Crippen molar-refractivity contribution in [2.75, 3.05) is 0 Å². The summed E-state index contributed by atoms with van der Waals surface area (Å²) in [5.74, 6) is -0.567. The molecule has 5 nitrogen and oxygen atoms in total. The summed E-state index contributed by atoms with van der Waals surface area (Å²) < 4.78 is 3.72. The van der Waals surface area contributed by atoms with E-state index in [1.54, 1.807) is 12.1 Å². The van der Waals surface area contributed by atoms with Gasteiger partial charge in [-0.2, -0.15) is 5.10 Å². The molecule has 2 N–H and O–H groups in total. The molecule has 0 saturated heterocycles. The first-order valence-corrected chi connectivity index (χ1v) is 9.04. The molecular formula is C18H15Br2N3O2. The molecule has 0 fully saturated rings. The third-order valence-corrected chi connectivity index (χ3v) is 4.89. The molecule has 0 radical (unpaired) electrons. The van der Waals surface area contributed by atoms with Crippen LogP contribution in [0.3, 0.4) is 0 Å². The number of rotatable bonds is 3. The molecule has 0 spiro atoms. The van der Waals surface area contributed by atoms with E-state index >= 15 is 0 Å². The number of amides is 1. The maximum atomic E-state index is 12.2. The van der Waals surface area contributed by atoms with Gasteiger partial charge in [0, 0.05) is 26.9 Å². The van der Waals surface area contributed by atoms with Gasteiger partial charge in [-0.1, -0.05) is 37.9 Å². The third kappa shape index (κ3) is 3.62. The fraction of sp³-hybridized carbons (Fsp3) is 0.111. The summed E-state index contributed by atoms with van der Waals surface area (Å²) in [6, 6.07) is 12.7. The Morgan fingerprint density at radius 1 is 1.12 bits per heavy atom. The largest absolute Gasteiger partial charge is 0.507 e. The number of halogens is 2. The van der Waals surface area contributed by atoms with Gasteiger partial charge in [-0.15, -0.1) is 0 Å². The number of aryl methyl sites for hydroxylation is 1. The van der Waals surface area contributed by atoms with E-state index in [-0.39, 0.29) is 11.3 Å². The highest BCUT2D eigenvalue weighted by Gasteiger charge is 2.13. The summed E-state index contributed by atoms with van der Waals surface area (Å²) in [5, 5.41) is 15.1. The van der Waals surface area contributed by atoms with Crippen LogP contribution in [0.2, 0.25) is 0 Å². The van der Waals surface area contributed by atoms with Crippen LogP contribution >= 0.6 is 31.9 Å². The van der Waals surface area contributed by atoms with Gasteiger partial charge in [-0.05, 0) is 43.3 Å². The second-order valence-corrected chi connectivity index (χ2v) is 7.42. The van der Waals surface area contributed by atoms with Crippen LogP contribution in [0.15, 0.2) is 56.5 Å². The van der Waals surface area contributed by atoms with Gasteiger partial charge in [0.2, 0.25) is 0 Å². The van der Waals surface area contributed by atoms with Crippen LogP contribution in [-0.2, 0) is 7.05 Å². The minimum absolute atomic E-state index is 0.0944. The number of carbonyl (C=O) groups is 1. The summed E-state index contributed by atoms with van der Waals surface area (Å²) in [5.41, 5.74) is 5.28. The number of nitrogens with one attached hydrogen (secondary N) is 1. The number of aromatic hydroxyl groups is 1. The molecule has 7 heteroatoms. The number of fused-ring (bicyclic) bond motifs is 1. The molecule has 25 heavy (non-hydrogen) atoms. The SMILES string of the molecule is C/C(=N\NC(=O)c1cc(Br)ccc1O)c1cc2ccc(Br)cc2n1C. The molecule has 1 heterocycles. The molecule has 0 saturated carbocycles. The predicted molar refractivity (Wildman–Crippen MR) is 106 cm³/mol. The van der Waals surface area contributed by atoms with E-state index in [0.717, 1.165) is 21.1 Å². The lowest BCUT2D eigenvalue weighted by Crippen LogP contribution is -2.20. The number of benzene rings is 2. The number of phenolic OH excluding ortho intramolecular Hbond substituents is 1. The first-order valence-electron chi connectivity index (χ1n) is 7.45. The normalized spacial score (nSPS) is 11.8. The number of hydrogen-bond acceptors (Lipinski definition) is 3. The van der Waals surface area contributed by atoms with Crippen LogP contribution in [0.1, 0.15) is 23.0 Å². The summed E-state index contributed by atoms with van der Waals surface area (Å²) in [7, 11) is 1.95. The Kier molecular flexibility index (Phi) is 4.96. The van der Waals surface area contributed by atoms with E-state index in [1.807, 2.05) is 42.8 Å². The first kappa shape index (κ1) is 17.7. The Labute approximate surface area is 161 Å². The lowest BCUT2D eigenvalue weighted by Gasteiger charge is -2.06. The average molecular weight is 465 g/mol. The smallest absolute Gasteiger partial charge is 0.275 e. The zero-order chi connectivity index (χ0) is 18.1. The number of carbonyl (C=O) groups excluding carboxylic acids is 1. The Morgan fingerprint density at radius 3 is 2.56 bits per heavy atom.